The molecule has 1 amide bonds. The molecule has 2 aromatic carbocycles. The van der Waals surface area contributed by atoms with Crippen molar-refractivity contribution < 1.29 is 4.79 Å². The molecule has 0 saturated carbocycles. The molecule has 7 nitrogen and oxygen atoms in total. The van der Waals surface area contributed by atoms with Crippen molar-refractivity contribution in [2.24, 2.45) is 0 Å². The van der Waals surface area contributed by atoms with Gasteiger partial charge in [-0.2, -0.15) is 5.10 Å². The molecule has 150 valence electrons. The molecule has 0 radical (unpaired) electrons. The highest BCUT2D eigenvalue weighted by Crippen LogP contribution is 2.32. The lowest BCUT2D eigenvalue weighted by Gasteiger charge is -2.35. The van der Waals surface area contributed by atoms with Gasteiger partial charge < -0.3 is 10.1 Å². The maximum atomic E-state index is 13.0. The average molecular weight is 390 g/mol. The number of rotatable bonds is 4. The first kappa shape index (κ1) is 18.1. The number of nitrogens with zero attached hydrogens (tertiary/aromatic N) is 5. The normalized spacial score (nSPS) is 17.7. The lowest BCUT2D eigenvalue weighted by molar-refractivity contribution is -0.120. The van der Waals surface area contributed by atoms with Crippen LogP contribution in [0.1, 0.15) is 11.1 Å². The third-order valence-electron chi connectivity index (χ3n) is 6.01. The Hall–Kier alpha value is -2.90. The van der Waals surface area contributed by atoms with Crippen LogP contribution < -0.4 is 4.90 Å². The molecule has 3 aromatic rings. The second-order valence-corrected chi connectivity index (χ2v) is 7.89. The van der Waals surface area contributed by atoms with E-state index in [2.05, 4.69) is 39.2 Å². The van der Waals surface area contributed by atoms with E-state index in [1.165, 1.54) is 5.56 Å². The summed E-state index contributed by atoms with van der Waals surface area (Å²) in [5.74, 6) is 0.133. The Morgan fingerprint density at radius 1 is 1.00 bits per heavy atom. The van der Waals surface area contributed by atoms with E-state index in [0.29, 0.717) is 23.5 Å². The van der Waals surface area contributed by atoms with E-state index in [9.17, 15) is 10.0 Å². The molecule has 0 bridgehead atoms. The number of benzene rings is 2. The Morgan fingerprint density at radius 2 is 1.76 bits per heavy atom. The number of hydrogen-bond donors (Lipinski definition) is 0. The Morgan fingerprint density at radius 3 is 2.55 bits per heavy atom. The summed E-state index contributed by atoms with van der Waals surface area (Å²) in [4.78, 5) is 20.2. The number of amides is 1. The van der Waals surface area contributed by atoms with Crippen LogP contribution in [0.15, 0.2) is 48.7 Å². The first-order chi connectivity index (χ1) is 14.2. The number of aromatic nitrogens is 2. The molecule has 0 unspecified atom stereocenters. The minimum atomic E-state index is 0.133. The minimum Gasteiger partial charge on any atom is -0.790 e. The molecule has 2 aliphatic rings. The summed E-state index contributed by atoms with van der Waals surface area (Å²) in [6.45, 7) is 5.84. The van der Waals surface area contributed by atoms with E-state index in [1.54, 1.807) is 6.20 Å². The van der Waals surface area contributed by atoms with Gasteiger partial charge in [0.2, 0.25) is 5.91 Å². The van der Waals surface area contributed by atoms with Crippen LogP contribution in [-0.2, 0) is 17.8 Å². The van der Waals surface area contributed by atoms with Gasteiger partial charge in [-0.05, 0) is 29.7 Å². The first-order valence-electron chi connectivity index (χ1n) is 10.1. The second-order valence-electron chi connectivity index (χ2n) is 7.89. The predicted octanol–water partition coefficient (Wildman–Crippen LogP) is 2.09. The highest BCUT2D eigenvalue weighted by molar-refractivity contribution is 5.99. The van der Waals surface area contributed by atoms with Crippen LogP contribution in [0.2, 0.25) is 0 Å². The van der Waals surface area contributed by atoms with Gasteiger partial charge in [0.05, 0.1) is 18.3 Å². The van der Waals surface area contributed by atoms with Crippen molar-refractivity contribution in [2.75, 3.05) is 44.2 Å². The van der Waals surface area contributed by atoms with Gasteiger partial charge in [-0.15, -0.1) is 0 Å². The van der Waals surface area contributed by atoms with E-state index in [-0.39, 0.29) is 5.91 Å². The summed E-state index contributed by atoms with van der Waals surface area (Å²) in [6, 6.07) is 14.3. The van der Waals surface area contributed by atoms with Crippen LogP contribution in [0, 0.1) is 5.21 Å². The highest BCUT2D eigenvalue weighted by atomic mass is 16.5. The summed E-state index contributed by atoms with van der Waals surface area (Å²) in [5, 5.41) is 16.3. The van der Waals surface area contributed by atoms with E-state index < -0.39 is 0 Å². The van der Waals surface area contributed by atoms with Gasteiger partial charge in [0.1, 0.15) is 0 Å². The second kappa shape index (κ2) is 7.50. The lowest BCUT2D eigenvalue weighted by atomic mass is 10.1. The standard InChI is InChI=1S/C22H24N5O2/c28-22(16-25-10-8-24(9-11-25)15-17-4-2-1-3-5-17)26-7-6-18-12-21-19(13-20(18)26)14-23-27(21)29/h1-5,12-14H,6-11,15-16H2/q-1. The van der Waals surface area contributed by atoms with Gasteiger partial charge in [0.15, 0.2) is 0 Å². The average Bonchev–Trinajstić information content (AvgIpc) is 3.32. The van der Waals surface area contributed by atoms with Crippen LogP contribution in [0.3, 0.4) is 0 Å². The fraction of sp³-hybridized carbons (Fsp3) is 0.364. The zero-order valence-electron chi connectivity index (χ0n) is 16.3. The third kappa shape index (κ3) is 3.59. The summed E-state index contributed by atoms with van der Waals surface area (Å²) >= 11 is 0. The van der Waals surface area contributed by atoms with Crippen molar-refractivity contribution in [1.82, 2.24) is 19.7 Å². The van der Waals surface area contributed by atoms with Crippen molar-refractivity contribution in [3.8, 4) is 0 Å². The molecule has 0 spiro atoms. The molecule has 2 aliphatic heterocycles. The molecule has 0 aliphatic carbocycles. The third-order valence-corrected chi connectivity index (χ3v) is 6.01. The van der Waals surface area contributed by atoms with Crippen molar-refractivity contribution in [1.29, 1.82) is 0 Å². The highest BCUT2D eigenvalue weighted by Gasteiger charge is 2.28. The van der Waals surface area contributed by atoms with Gasteiger partial charge in [-0.1, -0.05) is 30.3 Å². The fourth-order valence-corrected chi connectivity index (χ4v) is 4.37. The van der Waals surface area contributed by atoms with Gasteiger partial charge in [0.25, 0.3) is 0 Å². The monoisotopic (exact) mass is 390 g/mol. The van der Waals surface area contributed by atoms with Crippen LogP contribution >= 0.6 is 0 Å². The number of anilines is 1. The molecule has 0 atom stereocenters. The maximum absolute atomic E-state index is 13.0. The van der Waals surface area contributed by atoms with E-state index in [4.69, 9.17) is 0 Å². The molecular formula is C22H24N5O2-. The van der Waals surface area contributed by atoms with Crippen molar-refractivity contribution >= 4 is 22.5 Å². The predicted molar refractivity (Wildman–Crippen MR) is 113 cm³/mol. The van der Waals surface area contributed by atoms with Crippen molar-refractivity contribution in [3.05, 3.63) is 65.0 Å². The molecule has 1 fully saturated rings. The first-order valence-corrected chi connectivity index (χ1v) is 10.1. The van der Waals surface area contributed by atoms with Crippen LogP contribution in [-0.4, -0.2) is 64.9 Å². The molecule has 1 aromatic heterocycles. The molecule has 7 heteroatoms. The number of fused-ring (bicyclic) bond motifs is 2. The quantitative estimate of drug-likeness (QED) is 0.682. The lowest BCUT2D eigenvalue weighted by Crippen LogP contribution is -2.49. The Labute approximate surface area is 169 Å². The Bertz CT molecular complexity index is 1020. The Balaban J connectivity index is 1.20. The molecule has 5 rings (SSSR count). The topological polar surface area (TPSA) is 67.7 Å². The number of carbonyl (C=O) groups is 1. The minimum absolute atomic E-state index is 0.133. The maximum Gasteiger partial charge on any atom is 0.241 e. The molecule has 29 heavy (non-hydrogen) atoms. The molecular weight excluding hydrogens is 366 g/mol. The summed E-state index contributed by atoms with van der Waals surface area (Å²) in [7, 11) is 0. The Kier molecular flexibility index (Phi) is 4.69. The number of hydrogen-bond acceptors (Lipinski definition) is 5. The van der Waals surface area contributed by atoms with Gasteiger partial charge in [-0.3, -0.25) is 19.4 Å². The van der Waals surface area contributed by atoms with Gasteiger partial charge >= 0.3 is 0 Å². The smallest absolute Gasteiger partial charge is 0.241 e. The summed E-state index contributed by atoms with van der Waals surface area (Å²) in [6.07, 6.45) is 2.35. The SMILES string of the molecule is O=C(CN1CCN(Cc2ccccc2)CC1)N1CCc2cc3c(cnn3[O-])cc21. The number of piperazine rings is 1. The number of carbonyl (C=O) groups excluding carboxylic acids is 1. The molecule has 3 heterocycles. The van der Waals surface area contributed by atoms with Crippen LogP contribution in [0.5, 0.6) is 0 Å². The van der Waals surface area contributed by atoms with E-state index >= 15 is 0 Å². The zero-order valence-corrected chi connectivity index (χ0v) is 16.3. The largest absolute Gasteiger partial charge is 0.790 e. The zero-order chi connectivity index (χ0) is 19.8. The summed E-state index contributed by atoms with van der Waals surface area (Å²) < 4.78 is 0. The van der Waals surface area contributed by atoms with Crippen LogP contribution in [0.4, 0.5) is 5.69 Å². The fourth-order valence-electron chi connectivity index (χ4n) is 4.37. The van der Waals surface area contributed by atoms with Crippen molar-refractivity contribution in [3.63, 3.8) is 0 Å². The van der Waals surface area contributed by atoms with Gasteiger partial charge in [0, 0.05) is 50.3 Å². The molecule has 0 N–H and O–H groups in total. The van der Waals surface area contributed by atoms with E-state index in [0.717, 1.165) is 55.8 Å². The summed E-state index contributed by atoms with van der Waals surface area (Å²) in [5.41, 5.74) is 3.89. The van der Waals surface area contributed by atoms with E-state index in [1.807, 2.05) is 23.1 Å². The van der Waals surface area contributed by atoms with Gasteiger partial charge in [-0.25, -0.2) is 0 Å². The molecule has 1 saturated heterocycles. The van der Waals surface area contributed by atoms with Crippen molar-refractivity contribution in [2.45, 2.75) is 13.0 Å². The van der Waals surface area contributed by atoms with Crippen LogP contribution in [0.25, 0.3) is 10.9 Å².